The molecule has 1 aromatic rings. The molecule has 0 spiro atoms. The molecule has 0 saturated heterocycles. The van der Waals surface area contributed by atoms with Crippen LogP contribution in [0.2, 0.25) is 0 Å². The summed E-state index contributed by atoms with van der Waals surface area (Å²) in [6, 6.07) is 5.43. The van der Waals surface area contributed by atoms with Crippen molar-refractivity contribution in [2.24, 2.45) is 0 Å². The van der Waals surface area contributed by atoms with Crippen LogP contribution in [-0.2, 0) is 6.61 Å². The summed E-state index contributed by atoms with van der Waals surface area (Å²) in [5, 5.41) is 8.99. The Morgan fingerprint density at radius 1 is 1.47 bits per heavy atom. The first-order chi connectivity index (χ1) is 7.31. The van der Waals surface area contributed by atoms with E-state index in [1.807, 2.05) is 12.1 Å². The third-order valence-electron chi connectivity index (χ3n) is 1.89. The van der Waals surface area contributed by atoms with Gasteiger partial charge < -0.3 is 9.84 Å². The molecule has 0 amide bonds. The Hall–Kier alpha value is -1.17. The summed E-state index contributed by atoms with van der Waals surface area (Å²) >= 11 is 5.53. The summed E-state index contributed by atoms with van der Waals surface area (Å²) in [5.41, 5.74) is 1.61. The van der Waals surface area contributed by atoms with Gasteiger partial charge in [-0.2, -0.15) is 0 Å². The number of hydrogen-bond donors (Lipinski definition) is 1. The summed E-state index contributed by atoms with van der Waals surface area (Å²) in [4.78, 5) is 0. The van der Waals surface area contributed by atoms with Gasteiger partial charge in [0.2, 0.25) is 0 Å². The molecule has 1 aromatic carbocycles. The van der Waals surface area contributed by atoms with E-state index in [0.717, 1.165) is 11.1 Å². The van der Waals surface area contributed by atoms with E-state index in [4.69, 9.17) is 21.4 Å². The van der Waals surface area contributed by atoms with E-state index in [9.17, 15) is 0 Å². The maximum Gasteiger partial charge on any atom is 0.134 e. The van der Waals surface area contributed by atoms with Crippen LogP contribution in [-0.4, -0.2) is 18.1 Å². The lowest BCUT2D eigenvalue weighted by Crippen LogP contribution is -1.91. The minimum atomic E-state index is 0.00812. The van der Waals surface area contributed by atoms with Crippen LogP contribution in [0.4, 0.5) is 0 Å². The number of aliphatic hydroxyl groups excluding tert-OH is 1. The van der Waals surface area contributed by atoms with E-state index >= 15 is 0 Å². The summed E-state index contributed by atoms with van der Waals surface area (Å²) in [5.74, 6) is 7.14. The van der Waals surface area contributed by atoms with E-state index in [-0.39, 0.29) is 6.61 Å². The predicted octanol–water partition coefficient (Wildman–Crippen LogP) is 2.17. The smallest absolute Gasteiger partial charge is 0.134 e. The largest absolute Gasteiger partial charge is 0.495 e. The highest BCUT2D eigenvalue weighted by Gasteiger charge is 2.00. The fourth-order valence-corrected chi connectivity index (χ4v) is 1.25. The Morgan fingerprint density at radius 3 is 2.87 bits per heavy atom. The van der Waals surface area contributed by atoms with Gasteiger partial charge in [0.05, 0.1) is 19.3 Å². The molecule has 2 nitrogen and oxygen atoms in total. The molecule has 0 atom stereocenters. The van der Waals surface area contributed by atoms with Crippen molar-refractivity contribution in [1.82, 2.24) is 0 Å². The minimum Gasteiger partial charge on any atom is -0.495 e. The van der Waals surface area contributed by atoms with Crippen LogP contribution in [0.3, 0.4) is 0 Å². The lowest BCUT2D eigenvalue weighted by Gasteiger charge is -2.04. The van der Waals surface area contributed by atoms with Gasteiger partial charge in [0, 0.05) is 12.3 Å². The normalized spacial score (nSPS) is 9.27. The van der Waals surface area contributed by atoms with Crippen LogP contribution in [0.1, 0.15) is 17.5 Å². The van der Waals surface area contributed by atoms with Crippen LogP contribution in [0, 0.1) is 11.8 Å². The van der Waals surface area contributed by atoms with Gasteiger partial charge in [0.1, 0.15) is 5.75 Å². The molecule has 0 heterocycles. The van der Waals surface area contributed by atoms with Crippen molar-refractivity contribution >= 4 is 11.6 Å². The first-order valence-electron chi connectivity index (χ1n) is 4.64. The molecule has 15 heavy (non-hydrogen) atoms. The second-order valence-electron chi connectivity index (χ2n) is 2.93. The average Bonchev–Trinajstić information content (AvgIpc) is 2.29. The topological polar surface area (TPSA) is 29.5 Å². The second kappa shape index (κ2) is 6.34. The van der Waals surface area contributed by atoms with Crippen LogP contribution in [0.15, 0.2) is 18.2 Å². The van der Waals surface area contributed by atoms with Gasteiger partial charge in [0.25, 0.3) is 0 Å². The molecular weight excluding hydrogens is 212 g/mol. The Balaban J connectivity index is 2.97. The van der Waals surface area contributed by atoms with Crippen LogP contribution >= 0.6 is 11.6 Å². The zero-order valence-electron chi connectivity index (χ0n) is 8.59. The monoisotopic (exact) mass is 224 g/mol. The summed E-state index contributed by atoms with van der Waals surface area (Å²) in [6.07, 6.45) is 0.647. The van der Waals surface area contributed by atoms with Crippen molar-refractivity contribution in [3.05, 3.63) is 29.3 Å². The number of aliphatic hydroxyl groups is 1. The van der Waals surface area contributed by atoms with Crippen molar-refractivity contribution in [1.29, 1.82) is 0 Å². The molecule has 0 aliphatic carbocycles. The maximum atomic E-state index is 8.99. The average molecular weight is 225 g/mol. The van der Waals surface area contributed by atoms with E-state index in [1.54, 1.807) is 13.2 Å². The van der Waals surface area contributed by atoms with Gasteiger partial charge in [-0.05, 0) is 17.7 Å². The number of rotatable bonds is 3. The predicted molar refractivity (Wildman–Crippen MR) is 61.1 cm³/mol. The SMILES string of the molecule is COc1ccc(CO)cc1C#CCCCl. The fourth-order valence-electron chi connectivity index (χ4n) is 1.16. The minimum absolute atomic E-state index is 0.00812. The molecule has 3 heteroatoms. The van der Waals surface area contributed by atoms with Gasteiger partial charge >= 0.3 is 0 Å². The van der Waals surface area contributed by atoms with Gasteiger partial charge in [0.15, 0.2) is 0 Å². The molecule has 1 N–H and O–H groups in total. The molecule has 1 rings (SSSR count). The molecule has 0 aliphatic heterocycles. The molecule has 0 saturated carbocycles. The van der Waals surface area contributed by atoms with Gasteiger partial charge in [-0.15, -0.1) is 11.6 Å². The molecule has 80 valence electrons. The number of benzene rings is 1. The highest BCUT2D eigenvalue weighted by molar-refractivity contribution is 6.18. The number of alkyl halides is 1. The Kier molecular flexibility index (Phi) is 5.03. The summed E-state index contributed by atoms with van der Waals surface area (Å²) in [6.45, 7) is 0.00812. The highest BCUT2D eigenvalue weighted by Crippen LogP contribution is 2.18. The summed E-state index contributed by atoms with van der Waals surface area (Å²) < 4.78 is 5.16. The quantitative estimate of drug-likeness (QED) is 0.630. The molecule has 0 fully saturated rings. The zero-order valence-corrected chi connectivity index (χ0v) is 9.34. The van der Waals surface area contributed by atoms with Crippen LogP contribution < -0.4 is 4.74 Å². The number of hydrogen-bond acceptors (Lipinski definition) is 2. The zero-order chi connectivity index (χ0) is 11.1. The van der Waals surface area contributed by atoms with Crippen molar-refractivity contribution < 1.29 is 9.84 Å². The molecule has 0 radical (unpaired) electrons. The van der Waals surface area contributed by atoms with Gasteiger partial charge in [-0.1, -0.05) is 17.9 Å². The Bertz CT molecular complexity index is 377. The third-order valence-corrected chi connectivity index (χ3v) is 2.08. The van der Waals surface area contributed by atoms with Gasteiger partial charge in [-0.3, -0.25) is 0 Å². The first-order valence-corrected chi connectivity index (χ1v) is 5.18. The maximum absolute atomic E-state index is 8.99. The van der Waals surface area contributed by atoms with E-state index < -0.39 is 0 Å². The van der Waals surface area contributed by atoms with Crippen molar-refractivity contribution in [3.8, 4) is 17.6 Å². The lowest BCUT2D eigenvalue weighted by atomic mass is 10.1. The van der Waals surface area contributed by atoms with Crippen LogP contribution in [0.25, 0.3) is 0 Å². The number of halogens is 1. The van der Waals surface area contributed by atoms with Crippen molar-refractivity contribution in [3.63, 3.8) is 0 Å². The number of methoxy groups -OCH3 is 1. The molecular formula is C12H13ClO2. The number of ether oxygens (including phenoxy) is 1. The van der Waals surface area contributed by atoms with Gasteiger partial charge in [-0.25, -0.2) is 0 Å². The Morgan fingerprint density at radius 2 is 2.27 bits per heavy atom. The second-order valence-corrected chi connectivity index (χ2v) is 3.31. The standard InChI is InChI=1S/C12H13ClO2/c1-15-12-6-5-10(9-14)8-11(12)4-2-3-7-13/h5-6,8,14H,3,7,9H2,1H3. The molecule has 0 aromatic heterocycles. The third kappa shape index (κ3) is 3.47. The van der Waals surface area contributed by atoms with E-state index in [1.165, 1.54) is 0 Å². The van der Waals surface area contributed by atoms with Crippen molar-refractivity contribution in [2.45, 2.75) is 13.0 Å². The Labute approximate surface area is 94.8 Å². The summed E-state index contributed by atoms with van der Waals surface area (Å²) in [7, 11) is 1.60. The van der Waals surface area contributed by atoms with E-state index in [0.29, 0.717) is 18.1 Å². The lowest BCUT2D eigenvalue weighted by molar-refractivity contribution is 0.281. The molecule has 0 bridgehead atoms. The van der Waals surface area contributed by atoms with Crippen molar-refractivity contribution in [2.75, 3.05) is 13.0 Å². The molecule has 0 unspecified atom stereocenters. The highest BCUT2D eigenvalue weighted by atomic mass is 35.5. The first kappa shape index (κ1) is 11.9. The molecule has 0 aliphatic rings. The van der Waals surface area contributed by atoms with E-state index in [2.05, 4.69) is 11.8 Å². The fraction of sp³-hybridized carbons (Fsp3) is 0.333. The van der Waals surface area contributed by atoms with Crippen LogP contribution in [0.5, 0.6) is 5.75 Å².